The van der Waals surface area contributed by atoms with Crippen molar-refractivity contribution in [3.8, 4) is 0 Å². The Labute approximate surface area is 141 Å². The van der Waals surface area contributed by atoms with Crippen molar-refractivity contribution >= 4 is 23.7 Å². The molecule has 1 unspecified atom stereocenters. The molecule has 0 spiro atoms. The standard InChI is InChI=1S/C17H25N3O2S/c1-12-5-3-4-6-13(12)17(8-9-17)11-19-15(21)14(7-10-23-2)20-16(18)22/h3-6,14H,7-11H2,1-2H3,(H,19,21)(H3,18,20,22). The van der Waals surface area contributed by atoms with Crippen LogP contribution in [-0.2, 0) is 10.2 Å². The lowest BCUT2D eigenvalue weighted by Crippen LogP contribution is -2.50. The number of hydrogen-bond donors (Lipinski definition) is 3. The van der Waals surface area contributed by atoms with Gasteiger partial charge in [0, 0.05) is 12.0 Å². The van der Waals surface area contributed by atoms with Crippen LogP contribution in [0.15, 0.2) is 24.3 Å². The molecule has 2 rings (SSSR count). The highest BCUT2D eigenvalue weighted by molar-refractivity contribution is 7.98. The molecule has 126 valence electrons. The highest BCUT2D eigenvalue weighted by Crippen LogP contribution is 2.48. The third-order valence-electron chi connectivity index (χ3n) is 4.41. The lowest BCUT2D eigenvalue weighted by molar-refractivity contribution is -0.123. The second kappa shape index (κ2) is 7.73. The van der Waals surface area contributed by atoms with Gasteiger partial charge in [0.2, 0.25) is 5.91 Å². The molecule has 0 bridgehead atoms. The Balaban J connectivity index is 1.97. The number of carbonyl (C=O) groups is 2. The average Bonchev–Trinajstić information content (AvgIpc) is 3.30. The molecular formula is C17H25N3O2S. The summed E-state index contributed by atoms with van der Waals surface area (Å²) in [6, 6.07) is 7.09. The van der Waals surface area contributed by atoms with E-state index in [2.05, 4.69) is 29.7 Å². The molecule has 23 heavy (non-hydrogen) atoms. The van der Waals surface area contributed by atoms with E-state index >= 15 is 0 Å². The molecule has 0 saturated heterocycles. The van der Waals surface area contributed by atoms with Crippen molar-refractivity contribution in [1.82, 2.24) is 10.6 Å². The van der Waals surface area contributed by atoms with Gasteiger partial charge < -0.3 is 16.4 Å². The molecule has 1 fully saturated rings. The molecule has 5 nitrogen and oxygen atoms in total. The predicted molar refractivity (Wildman–Crippen MR) is 94.6 cm³/mol. The number of carbonyl (C=O) groups excluding carboxylic acids is 2. The quantitative estimate of drug-likeness (QED) is 0.679. The van der Waals surface area contributed by atoms with Crippen LogP contribution >= 0.6 is 11.8 Å². The van der Waals surface area contributed by atoms with Gasteiger partial charge in [-0.1, -0.05) is 24.3 Å². The minimum absolute atomic E-state index is 0.0534. The van der Waals surface area contributed by atoms with E-state index in [4.69, 9.17) is 5.73 Å². The fourth-order valence-electron chi connectivity index (χ4n) is 2.92. The van der Waals surface area contributed by atoms with Crippen LogP contribution in [0.1, 0.15) is 30.4 Å². The Bertz CT molecular complexity index is 573. The zero-order chi connectivity index (χ0) is 16.9. The summed E-state index contributed by atoms with van der Waals surface area (Å²) in [6.07, 6.45) is 4.71. The van der Waals surface area contributed by atoms with E-state index in [0.717, 1.165) is 18.6 Å². The summed E-state index contributed by atoms with van der Waals surface area (Å²) in [7, 11) is 0. The Hall–Kier alpha value is -1.69. The smallest absolute Gasteiger partial charge is 0.312 e. The number of hydrogen-bond acceptors (Lipinski definition) is 3. The number of aryl methyl sites for hydroxylation is 1. The molecular weight excluding hydrogens is 310 g/mol. The Morgan fingerprint density at radius 2 is 2.04 bits per heavy atom. The number of nitrogens with two attached hydrogens (primary N) is 1. The summed E-state index contributed by atoms with van der Waals surface area (Å²) >= 11 is 1.64. The molecule has 0 heterocycles. The zero-order valence-corrected chi connectivity index (χ0v) is 14.5. The summed E-state index contributed by atoms with van der Waals surface area (Å²) in [5.74, 6) is 0.638. The van der Waals surface area contributed by atoms with Gasteiger partial charge in [0.1, 0.15) is 6.04 Å². The zero-order valence-electron chi connectivity index (χ0n) is 13.7. The summed E-state index contributed by atoms with van der Waals surface area (Å²) < 4.78 is 0. The first-order valence-electron chi connectivity index (χ1n) is 7.87. The first-order chi connectivity index (χ1) is 11.0. The van der Waals surface area contributed by atoms with Crippen LogP contribution in [0.2, 0.25) is 0 Å². The molecule has 1 atom stereocenters. The van der Waals surface area contributed by atoms with Crippen molar-refractivity contribution in [2.45, 2.75) is 37.6 Å². The van der Waals surface area contributed by atoms with Crippen LogP contribution in [0.3, 0.4) is 0 Å². The molecule has 1 aromatic rings. The number of amides is 3. The van der Waals surface area contributed by atoms with Crippen LogP contribution in [0.4, 0.5) is 4.79 Å². The van der Waals surface area contributed by atoms with E-state index in [9.17, 15) is 9.59 Å². The van der Waals surface area contributed by atoms with Gasteiger partial charge in [-0.15, -0.1) is 0 Å². The monoisotopic (exact) mass is 335 g/mol. The summed E-state index contributed by atoms with van der Waals surface area (Å²) in [6.45, 7) is 2.71. The summed E-state index contributed by atoms with van der Waals surface area (Å²) in [5, 5.41) is 5.54. The maximum absolute atomic E-state index is 12.4. The van der Waals surface area contributed by atoms with Crippen molar-refractivity contribution in [1.29, 1.82) is 0 Å². The molecule has 0 aliphatic heterocycles. The normalized spacial score (nSPS) is 16.4. The molecule has 0 radical (unpaired) electrons. The molecule has 1 aliphatic carbocycles. The number of urea groups is 1. The van der Waals surface area contributed by atoms with E-state index in [-0.39, 0.29) is 11.3 Å². The van der Waals surface area contributed by atoms with Gasteiger partial charge in [-0.05, 0) is 49.3 Å². The lowest BCUT2D eigenvalue weighted by Gasteiger charge is -2.22. The molecule has 1 aliphatic rings. The van der Waals surface area contributed by atoms with E-state index in [1.54, 1.807) is 11.8 Å². The minimum atomic E-state index is -0.661. The van der Waals surface area contributed by atoms with E-state index in [1.165, 1.54) is 11.1 Å². The maximum Gasteiger partial charge on any atom is 0.312 e. The van der Waals surface area contributed by atoms with Gasteiger partial charge in [0.15, 0.2) is 0 Å². The van der Waals surface area contributed by atoms with E-state index in [0.29, 0.717) is 13.0 Å². The third kappa shape index (κ3) is 4.64. The number of nitrogens with one attached hydrogen (secondary N) is 2. The van der Waals surface area contributed by atoms with E-state index in [1.807, 2.05) is 18.4 Å². The Morgan fingerprint density at radius 3 is 2.61 bits per heavy atom. The lowest BCUT2D eigenvalue weighted by atomic mass is 9.92. The van der Waals surface area contributed by atoms with Crippen molar-refractivity contribution in [3.63, 3.8) is 0 Å². The second-order valence-electron chi connectivity index (χ2n) is 6.16. The Kier molecular flexibility index (Phi) is 5.93. The maximum atomic E-state index is 12.4. The largest absolute Gasteiger partial charge is 0.353 e. The first kappa shape index (κ1) is 17.7. The number of benzene rings is 1. The van der Waals surface area contributed by atoms with Crippen LogP contribution in [-0.4, -0.2) is 36.5 Å². The average molecular weight is 335 g/mol. The van der Waals surface area contributed by atoms with Gasteiger partial charge in [-0.3, -0.25) is 4.79 Å². The van der Waals surface area contributed by atoms with Crippen LogP contribution in [0, 0.1) is 6.92 Å². The molecule has 1 saturated carbocycles. The van der Waals surface area contributed by atoms with Gasteiger partial charge in [-0.2, -0.15) is 11.8 Å². The van der Waals surface area contributed by atoms with Crippen LogP contribution in [0.5, 0.6) is 0 Å². The van der Waals surface area contributed by atoms with E-state index < -0.39 is 12.1 Å². The minimum Gasteiger partial charge on any atom is -0.353 e. The molecule has 3 amide bonds. The summed E-state index contributed by atoms with van der Waals surface area (Å²) in [4.78, 5) is 23.5. The van der Waals surface area contributed by atoms with Crippen molar-refractivity contribution in [2.75, 3.05) is 18.6 Å². The molecule has 1 aromatic carbocycles. The van der Waals surface area contributed by atoms with Crippen LogP contribution in [0.25, 0.3) is 0 Å². The van der Waals surface area contributed by atoms with Crippen molar-refractivity contribution in [3.05, 3.63) is 35.4 Å². The molecule has 4 N–H and O–H groups in total. The Morgan fingerprint density at radius 1 is 1.35 bits per heavy atom. The topological polar surface area (TPSA) is 84.2 Å². The van der Waals surface area contributed by atoms with Crippen LogP contribution < -0.4 is 16.4 Å². The van der Waals surface area contributed by atoms with Crippen molar-refractivity contribution < 1.29 is 9.59 Å². The number of primary amides is 1. The van der Waals surface area contributed by atoms with Gasteiger partial charge in [0.25, 0.3) is 0 Å². The number of thioether (sulfide) groups is 1. The fourth-order valence-corrected chi connectivity index (χ4v) is 3.39. The summed E-state index contributed by atoms with van der Waals surface area (Å²) in [5.41, 5.74) is 7.79. The SMILES string of the molecule is CSCCC(NC(N)=O)C(=O)NCC1(c2ccccc2C)CC1. The molecule has 0 aromatic heterocycles. The predicted octanol–water partition coefficient (Wildman–Crippen LogP) is 1.93. The highest BCUT2D eigenvalue weighted by atomic mass is 32.2. The van der Waals surface area contributed by atoms with Gasteiger partial charge in [-0.25, -0.2) is 4.79 Å². The third-order valence-corrected chi connectivity index (χ3v) is 5.06. The van der Waals surface area contributed by atoms with Gasteiger partial charge >= 0.3 is 6.03 Å². The second-order valence-corrected chi connectivity index (χ2v) is 7.14. The highest BCUT2D eigenvalue weighted by Gasteiger charge is 2.45. The van der Waals surface area contributed by atoms with Gasteiger partial charge in [0.05, 0.1) is 0 Å². The van der Waals surface area contributed by atoms with Crippen molar-refractivity contribution in [2.24, 2.45) is 5.73 Å². The molecule has 6 heteroatoms. The number of rotatable bonds is 8. The fraction of sp³-hybridized carbons (Fsp3) is 0.529. The first-order valence-corrected chi connectivity index (χ1v) is 9.26.